The maximum Gasteiger partial charge on any atom is 0.123 e. The van der Waals surface area contributed by atoms with E-state index in [2.05, 4.69) is 6.08 Å². The Balaban J connectivity index is 1.78. The summed E-state index contributed by atoms with van der Waals surface area (Å²) in [5.41, 5.74) is 3.46. The molecule has 0 aromatic heterocycles. The van der Waals surface area contributed by atoms with Crippen molar-refractivity contribution in [2.24, 2.45) is 0 Å². The van der Waals surface area contributed by atoms with Crippen LogP contribution in [0.2, 0.25) is 0 Å². The second kappa shape index (κ2) is 5.41. The van der Waals surface area contributed by atoms with Crippen molar-refractivity contribution in [2.45, 2.75) is 25.2 Å². The van der Waals surface area contributed by atoms with Gasteiger partial charge in [0, 0.05) is 5.56 Å². The molecule has 0 saturated carbocycles. The highest BCUT2D eigenvalue weighted by molar-refractivity contribution is 5.71. The van der Waals surface area contributed by atoms with Crippen molar-refractivity contribution in [1.29, 1.82) is 0 Å². The third kappa shape index (κ3) is 2.55. The summed E-state index contributed by atoms with van der Waals surface area (Å²) < 4.78 is 0. The third-order valence-corrected chi connectivity index (χ3v) is 4.03. The minimum atomic E-state index is 0.315. The summed E-state index contributed by atoms with van der Waals surface area (Å²) in [7, 11) is 0. The summed E-state index contributed by atoms with van der Waals surface area (Å²) in [6.07, 6.45) is 5.26. The van der Waals surface area contributed by atoms with Crippen molar-refractivity contribution in [2.75, 3.05) is 0 Å². The molecule has 0 spiro atoms. The first-order valence-corrected chi connectivity index (χ1v) is 7.00. The van der Waals surface area contributed by atoms with Crippen LogP contribution < -0.4 is 0 Å². The average Bonchev–Trinajstić information content (AvgIpc) is 2.49. The fourth-order valence-corrected chi connectivity index (χ4v) is 2.87. The third-order valence-electron chi connectivity index (χ3n) is 4.03. The Hall–Kier alpha value is -2.22. The van der Waals surface area contributed by atoms with Crippen molar-refractivity contribution in [1.82, 2.24) is 0 Å². The Kier molecular flexibility index (Phi) is 3.46. The van der Waals surface area contributed by atoms with Crippen molar-refractivity contribution in [3.8, 4) is 11.5 Å². The zero-order valence-corrected chi connectivity index (χ0v) is 11.3. The molecule has 20 heavy (non-hydrogen) atoms. The summed E-state index contributed by atoms with van der Waals surface area (Å²) in [5, 5.41) is 19.2. The van der Waals surface area contributed by atoms with Gasteiger partial charge in [0.1, 0.15) is 11.5 Å². The number of rotatable bonds is 2. The van der Waals surface area contributed by atoms with E-state index in [1.807, 2.05) is 30.3 Å². The van der Waals surface area contributed by atoms with Crippen LogP contribution in [0, 0.1) is 0 Å². The van der Waals surface area contributed by atoms with Gasteiger partial charge >= 0.3 is 0 Å². The smallest absolute Gasteiger partial charge is 0.123 e. The van der Waals surface area contributed by atoms with E-state index < -0.39 is 0 Å². The number of benzene rings is 2. The molecule has 0 aliphatic heterocycles. The van der Waals surface area contributed by atoms with Gasteiger partial charge in [0.25, 0.3) is 0 Å². The first kappa shape index (κ1) is 12.8. The van der Waals surface area contributed by atoms with Gasteiger partial charge in [-0.15, -0.1) is 0 Å². The van der Waals surface area contributed by atoms with Crippen molar-refractivity contribution in [3.05, 3.63) is 65.7 Å². The molecule has 0 heterocycles. The van der Waals surface area contributed by atoms with Crippen LogP contribution >= 0.6 is 0 Å². The van der Waals surface area contributed by atoms with Crippen molar-refractivity contribution < 1.29 is 10.2 Å². The molecule has 0 saturated heterocycles. The van der Waals surface area contributed by atoms with E-state index in [1.165, 1.54) is 11.1 Å². The lowest BCUT2D eigenvalue weighted by Crippen LogP contribution is -2.04. The minimum absolute atomic E-state index is 0.315. The van der Waals surface area contributed by atoms with E-state index in [1.54, 1.807) is 18.2 Å². The standard InChI is InChI=1S/C18H18O2/c19-16-11-9-14(10-12-16)13-5-7-15(8-6-13)17-3-1-2-4-18(17)20/h1-4,7,9-13,19-20H,5-6,8H2. The van der Waals surface area contributed by atoms with Crippen LogP contribution in [0.1, 0.15) is 36.3 Å². The molecule has 0 amide bonds. The molecule has 2 N–H and O–H groups in total. The van der Waals surface area contributed by atoms with Crippen LogP contribution in [-0.2, 0) is 0 Å². The Morgan fingerprint density at radius 2 is 1.65 bits per heavy atom. The Labute approximate surface area is 119 Å². The molecule has 1 atom stereocenters. The fourth-order valence-electron chi connectivity index (χ4n) is 2.87. The second-order valence-corrected chi connectivity index (χ2v) is 5.31. The lowest BCUT2D eigenvalue weighted by atomic mass is 9.82. The molecule has 102 valence electrons. The van der Waals surface area contributed by atoms with E-state index in [9.17, 15) is 10.2 Å². The van der Waals surface area contributed by atoms with Crippen LogP contribution in [0.3, 0.4) is 0 Å². The van der Waals surface area contributed by atoms with Crippen LogP contribution in [0.25, 0.3) is 5.57 Å². The number of hydrogen-bond acceptors (Lipinski definition) is 2. The van der Waals surface area contributed by atoms with Crippen LogP contribution in [0.4, 0.5) is 0 Å². The number of para-hydroxylation sites is 1. The zero-order chi connectivity index (χ0) is 13.9. The lowest BCUT2D eigenvalue weighted by Gasteiger charge is -2.23. The minimum Gasteiger partial charge on any atom is -0.508 e. The highest BCUT2D eigenvalue weighted by Gasteiger charge is 2.18. The lowest BCUT2D eigenvalue weighted by molar-refractivity contribution is 0.472. The summed E-state index contributed by atoms with van der Waals surface area (Å²) in [6.45, 7) is 0. The molecule has 3 rings (SSSR count). The number of allylic oxidation sites excluding steroid dienone is 2. The first-order valence-electron chi connectivity index (χ1n) is 7.00. The summed E-state index contributed by atoms with van der Waals surface area (Å²) in [4.78, 5) is 0. The van der Waals surface area contributed by atoms with Gasteiger partial charge in [-0.05, 0) is 54.5 Å². The predicted octanol–water partition coefficient (Wildman–Crippen LogP) is 4.45. The van der Waals surface area contributed by atoms with Gasteiger partial charge in [-0.1, -0.05) is 36.4 Å². The van der Waals surface area contributed by atoms with Gasteiger partial charge in [-0.2, -0.15) is 0 Å². The Morgan fingerprint density at radius 3 is 2.30 bits per heavy atom. The van der Waals surface area contributed by atoms with E-state index in [0.29, 0.717) is 17.4 Å². The van der Waals surface area contributed by atoms with Gasteiger partial charge in [0.2, 0.25) is 0 Å². The second-order valence-electron chi connectivity index (χ2n) is 5.31. The van der Waals surface area contributed by atoms with Crippen molar-refractivity contribution >= 4 is 5.57 Å². The van der Waals surface area contributed by atoms with Crippen LogP contribution in [0.5, 0.6) is 11.5 Å². The average molecular weight is 266 g/mol. The topological polar surface area (TPSA) is 40.5 Å². The Bertz CT molecular complexity index is 626. The van der Waals surface area contributed by atoms with Gasteiger partial charge in [0.15, 0.2) is 0 Å². The van der Waals surface area contributed by atoms with Crippen LogP contribution in [0.15, 0.2) is 54.6 Å². The molecule has 2 aromatic rings. The highest BCUT2D eigenvalue weighted by Crippen LogP contribution is 2.38. The Morgan fingerprint density at radius 1 is 0.900 bits per heavy atom. The van der Waals surface area contributed by atoms with Crippen LogP contribution in [-0.4, -0.2) is 10.2 Å². The molecule has 1 unspecified atom stereocenters. The number of aromatic hydroxyl groups is 2. The quantitative estimate of drug-likeness (QED) is 0.843. The summed E-state index contributed by atoms with van der Waals surface area (Å²) in [5.74, 6) is 1.18. The van der Waals surface area contributed by atoms with Gasteiger partial charge < -0.3 is 10.2 Å². The SMILES string of the molecule is Oc1ccc(C2CC=C(c3ccccc3O)CC2)cc1. The molecule has 1 aliphatic carbocycles. The molecule has 0 fully saturated rings. The monoisotopic (exact) mass is 266 g/mol. The largest absolute Gasteiger partial charge is 0.508 e. The molecule has 0 bridgehead atoms. The normalized spacial score (nSPS) is 18.6. The molecular weight excluding hydrogens is 248 g/mol. The van der Waals surface area contributed by atoms with E-state index in [4.69, 9.17) is 0 Å². The zero-order valence-electron chi connectivity index (χ0n) is 11.3. The van der Waals surface area contributed by atoms with Gasteiger partial charge in [-0.25, -0.2) is 0 Å². The number of hydrogen-bond donors (Lipinski definition) is 2. The van der Waals surface area contributed by atoms with E-state index in [-0.39, 0.29) is 0 Å². The van der Waals surface area contributed by atoms with E-state index >= 15 is 0 Å². The van der Waals surface area contributed by atoms with Gasteiger partial charge in [-0.3, -0.25) is 0 Å². The maximum absolute atomic E-state index is 9.91. The molecule has 2 heteroatoms. The molecule has 2 nitrogen and oxygen atoms in total. The predicted molar refractivity (Wildman–Crippen MR) is 80.8 cm³/mol. The maximum atomic E-state index is 9.91. The first-order chi connectivity index (χ1) is 9.74. The molecule has 0 radical (unpaired) electrons. The fraction of sp³-hybridized carbons (Fsp3) is 0.222. The number of phenolic OH excluding ortho intramolecular Hbond substituents is 2. The van der Waals surface area contributed by atoms with Gasteiger partial charge in [0.05, 0.1) is 0 Å². The summed E-state index contributed by atoms with van der Waals surface area (Å²) >= 11 is 0. The molecule has 2 aromatic carbocycles. The van der Waals surface area contributed by atoms with E-state index in [0.717, 1.165) is 24.8 Å². The molecule has 1 aliphatic rings. The van der Waals surface area contributed by atoms with Crippen molar-refractivity contribution in [3.63, 3.8) is 0 Å². The molecular formula is C18H18O2. The summed E-state index contributed by atoms with van der Waals surface area (Å²) in [6, 6.07) is 15.0. The highest BCUT2D eigenvalue weighted by atomic mass is 16.3. The number of phenols is 2.